The first-order valence-corrected chi connectivity index (χ1v) is 6.29. The van der Waals surface area contributed by atoms with E-state index < -0.39 is 0 Å². The van der Waals surface area contributed by atoms with Crippen molar-refractivity contribution in [1.29, 1.82) is 0 Å². The van der Waals surface area contributed by atoms with Crippen LogP contribution in [0, 0.1) is 0 Å². The lowest BCUT2D eigenvalue weighted by Gasteiger charge is -2.07. The number of para-hydroxylation sites is 1. The predicted molar refractivity (Wildman–Crippen MR) is 69.6 cm³/mol. The van der Waals surface area contributed by atoms with Crippen LogP contribution in [0.3, 0.4) is 0 Å². The van der Waals surface area contributed by atoms with Gasteiger partial charge in [0, 0.05) is 30.1 Å². The summed E-state index contributed by atoms with van der Waals surface area (Å²) >= 11 is 1.39. The standard InChI is InChI=1S/C12H15N3OS/c1-3-11-14-12(17-15-11)13-8-9-6-4-5-7-10(9)16-2/h4-7H,3,8H2,1-2H3,(H,13,14,15). The maximum Gasteiger partial charge on any atom is 0.202 e. The van der Waals surface area contributed by atoms with E-state index in [4.69, 9.17) is 4.74 Å². The monoisotopic (exact) mass is 249 g/mol. The topological polar surface area (TPSA) is 47.0 Å². The Morgan fingerprint density at radius 2 is 2.18 bits per heavy atom. The second-order valence-electron chi connectivity index (χ2n) is 3.53. The number of methoxy groups -OCH3 is 1. The van der Waals surface area contributed by atoms with Crippen LogP contribution < -0.4 is 10.1 Å². The number of ether oxygens (including phenoxy) is 1. The summed E-state index contributed by atoms with van der Waals surface area (Å²) in [6.07, 6.45) is 0.868. The smallest absolute Gasteiger partial charge is 0.202 e. The minimum Gasteiger partial charge on any atom is -0.496 e. The molecule has 5 heteroatoms. The highest BCUT2D eigenvalue weighted by atomic mass is 32.1. The van der Waals surface area contributed by atoms with E-state index >= 15 is 0 Å². The SMILES string of the molecule is CCc1nsc(NCc2ccccc2OC)n1. The average molecular weight is 249 g/mol. The van der Waals surface area contributed by atoms with Crippen molar-refractivity contribution >= 4 is 16.7 Å². The summed E-state index contributed by atoms with van der Waals surface area (Å²) in [6, 6.07) is 7.95. The van der Waals surface area contributed by atoms with Gasteiger partial charge in [0.2, 0.25) is 5.13 Å². The zero-order valence-electron chi connectivity index (χ0n) is 9.93. The van der Waals surface area contributed by atoms with Gasteiger partial charge in [-0.1, -0.05) is 25.1 Å². The Labute approximate surface area is 105 Å². The zero-order chi connectivity index (χ0) is 12.1. The van der Waals surface area contributed by atoms with Gasteiger partial charge in [-0.3, -0.25) is 0 Å². The highest BCUT2D eigenvalue weighted by molar-refractivity contribution is 7.09. The molecule has 1 heterocycles. The summed E-state index contributed by atoms with van der Waals surface area (Å²) in [4.78, 5) is 4.35. The maximum absolute atomic E-state index is 5.29. The molecule has 0 aliphatic heterocycles. The molecule has 0 radical (unpaired) electrons. The van der Waals surface area contributed by atoms with Gasteiger partial charge < -0.3 is 10.1 Å². The van der Waals surface area contributed by atoms with E-state index in [0.29, 0.717) is 6.54 Å². The Bertz CT molecular complexity index is 484. The van der Waals surface area contributed by atoms with Crippen molar-refractivity contribution in [2.45, 2.75) is 19.9 Å². The lowest BCUT2D eigenvalue weighted by atomic mass is 10.2. The quantitative estimate of drug-likeness (QED) is 0.885. The van der Waals surface area contributed by atoms with Crippen molar-refractivity contribution < 1.29 is 4.74 Å². The van der Waals surface area contributed by atoms with Gasteiger partial charge in [0.1, 0.15) is 11.6 Å². The zero-order valence-corrected chi connectivity index (χ0v) is 10.8. The number of rotatable bonds is 5. The fourth-order valence-corrected chi connectivity index (χ4v) is 2.13. The van der Waals surface area contributed by atoms with Gasteiger partial charge >= 0.3 is 0 Å². The summed E-state index contributed by atoms with van der Waals surface area (Å²) in [5.41, 5.74) is 1.11. The van der Waals surface area contributed by atoms with Crippen molar-refractivity contribution in [3.63, 3.8) is 0 Å². The fourth-order valence-electron chi connectivity index (χ4n) is 1.49. The summed E-state index contributed by atoms with van der Waals surface area (Å²) in [5.74, 6) is 1.78. The molecule has 0 saturated heterocycles. The predicted octanol–water partition coefficient (Wildman–Crippen LogP) is 2.72. The summed E-state index contributed by atoms with van der Waals surface area (Å²) in [6.45, 7) is 2.74. The van der Waals surface area contributed by atoms with Gasteiger partial charge in [-0.25, -0.2) is 4.98 Å². The Balaban J connectivity index is 2.01. The maximum atomic E-state index is 5.29. The number of anilines is 1. The molecule has 0 aliphatic carbocycles. The van der Waals surface area contributed by atoms with Gasteiger partial charge in [0.15, 0.2) is 0 Å². The van der Waals surface area contributed by atoms with E-state index in [9.17, 15) is 0 Å². The first kappa shape index (κ1) is 11.9. The van der Waals surface area contributed by atoms with Crippen molar-refractivity contribution in [3.05, 3.63) is 35.7 Å². The van der Waals surface area contributed by atoms with Crippen LogP contribution in [-0.4, -0.2) is 16.5 Å². The summed E-state index contributed by atoms with van der Waals surface area (Å²) < 4.78 is 9.51. The van der Waals surface area contributed by atoms with Gasteiger partial charge in [-0.05, 0) is 6.07 Å². The molecule has 2 aromatic rings. The molecule has 4 nitrogen and oxygen atoms in total. The Kier molecular flexibility index (Phi) is 3.93. The van der Waals surface area contributed by atoms with E-state index in [1.807, 2.05) is 31.2 Å². The average Bonchev–Trinajstić information content (AvgIpc) is 2.84. The number of hydrogen-bond donors (Lipinski definition) is 1. The second-order valence-corrected chi connectivity index (χ2v) is 4.29. The van der Waals surface area contributed by atoms with E-state index in [2.05, 4.69) is 14.7 Å². The highest BCUT2D eigenvalue weighted by Crippen LogP contribution is 2.19. The number of nitrogens with one attached hydrogen (secondary N) is 1. The third-order valence-corrected chi connectivity index (χ3v) is 3.12. The normalized spacial score (nSPS) is 10.2. The molecular weight excluding hydrogens is 234 g/mol. The molecule has 0 amide bonds. The molecule has 1 aromatic heterocycles. The van der Waals surface area contributed by atoms with E-state index in [1.165, 1.54) is 11.5 Å². The van der Waals surface area contributed by atoms with Crippen LogP contribution in [0.15, 0.2) is 24.3 Å². The molecule has 0 unspecified atom stereocenters. The number of hydrogen-bond acceptors (Lipinski definition) is 5. The van der Waals surface area contributed by atoms with E-state index in [1.54, 1.807) is 7.11 Å². The molecule has 1 N–H and O–H groups in total. The molecule has 0 atom stereocenters. The Morgan fingerprint density at radius 1 is 1.35 bits per heavy atom. The molecule has 1 aromatic carbocycles. The van der Waals surface area contributed by atoms with Crippen LogP contribution in [-0.2, 0) is 13.0 Å². The molecule has 0 spiro atoms. The number of aryl methyl sites for hydroxylation is 1. The first-order chi connectivity index (χ1) is 8.33. The molecule has 0 fully saturated rings. The largest absolute Gasteiger partial charge is 0.496 e. The lowest BCUT2D eigenvalue weighted by molar-refractivity contribution is 0.410. The fraction of sp³-hybridized carbons (Fsp3) is 0.333. The van der Waals surface area contributed by atoms with Gasteiger partial charge in [0.05, 0.1) is 7.11 Å². The Hall–Kier alpha value is -1.62. The van der Waals surface area contributed by atoms with Crippen LogP contribution in [0.5, 0.6) is 5.75 Å². The van der Waals surface area contributed by atoms with Crippen LogP contribution in [0.1, 0.15) is 18.3 Å². The van der Waals surface area contributed by atoms with Crippen molar-refractivity contribution in [3.8, 4) is 5.75 Å². The van der Waals surface area contributed by atoms with Gasteiger partial charge in [-0.2, -0.15) is 4.37 Å². The van der Waals surface area contributed by atoms with Crippen LogP contribution in [0.25, 0.3) is 0 Å². The number of nitrogens with zero attached hydrogens (tertiary/aromatic N) is 2. The molecule has 0 bridgehead atoms. The minimum absolute atomic E-state index is 0.697. The van der Waals surface area contributed by atoms with Crippen molar-refractivity contribution in [2.75, 3.05) is 12.4 Å². The first-order valence-electron chi connectivity index (χ1n) is 5.52. The number of aromatic nitrogens is 2. The van der Waals surface area contributed by atoms with E-state index in [-0.39, 0.29) is 0 Å². The van der Waals surface area contributed by atoms with Crippen molar-refractivity contribution in [1.82, 2.24) is 9.36 Å². The van der Waals surface area contributed by atoms with Gasteiger partial charge in [-0.15, -0.1) is 0 Å². The molecule has 90 valence electrons. The highest BCUT2D eigenvalue weighted by Gasteiger charge is 2.04. The third-order valence-electron chi connectivity index (χ3n) is 2.41. The van der Waals surface area contributed by atoms with Gasteiger partial charge in [0.25, 0.3) is 0 Å². The molecule has 2 rings (SSSR count). The molecule has 0 aliphatic rings. The van der Waals surface area contributed by atoms with Crippen LogP contribution in [0.2, 0.25) is 0 Å². The van der Waals surface area contributed by atoms with Crippen LogP contribution in [0.4, 0.5) is 5.13 Å². The lowest BCUT2D eigenvalue weighted by Crippen LogP contribution is -2.01. The molecular formula is C12H15N3OS. The van der Waals surface area contributed by atoms with E-state index in [0.717, 1.165) is 28.7 Å². The second kappa shape index (κ2) is 5.63. The summed E-state index contributed by atoms with van der Waals surface area (Å²) in [5, 5.41) is 4.11. The Morgan fingerprint density at radius 3 is 2.88 bits per heavy atom. The number of benzene rings is 1. The molecule has 17 heavy (non-hydrogen) atoms. The third kappa shape index (κ3) is 2.94. The van der Waals surface area contributed by atoms with Crippen LogP contribution >= 0.6 is 11.5 Å². The molecule has 0 saturated carbocycles. The summed E-state index contributed by atoms with van der Waals surface area (Å²) in [7, 11) is 1.68. The van der Waals surface area contributed by atoms with Crippen molar-refractivity contribution in [2.24, 2.45) is 0 Å². The minimum atomic E-state index is 0.697.